The van der Waals surface area contributed by atoms with Crippen LogP contribution in [-0.4, -0.2) is 14.2 Å². The van der Waals surface area contributed by atoms with Gasteiger partial charge in [-0.2, -0.15) is 8.78 Å². The molecule has 0 atom stereocenters. The van der Waals surface area contributed by atoms with Gasteiger partial charge in [0.2, 0.25) is 11.6 Å². The SMILES string of the molecule is COc1cc(Br)c(OC)c(F)c1F. The van der Waals surface area contributed by atoms with E-state index in [4.69, 9.17) is 0 Å². The van der Waals surface area contributed by atoms with Crippen LogP contribution in [0.15, 0.2) is 10.5 Å². The van der Waals surface area contributed by atoms with Gasteiger partial charge in [0.05, 0.1) is 18.7 Å². The Labute approximate surface area is 82.6 Å². The number of ether oxygens (including phenoxy) is 2. The van der Waals surface area contributed by atoms with Crippen LogP contribution in [0.1, 0.15) is 0 Å². The summed E-state index contributed by atoms with van der Waals surface area (Å²) in [7, 11) is 2.52. The van der Waals surface area contributed by atoms with Crippen molar-refractivity contribution in [3.05, 3.63) is 22.2 Å². The molecule has 72 valence electrons. The van der Waals surface area contributed by atoms with Gasteiger partial charge in [-0.3, -0.25) is 0 Å². The molecule has 0 N–H and O–H groups in total. The third-order valence-electron chi connectivity index (χ3n) is 1.51. The summed E-state index contributed by atoms with van der Waals surface area (Å²) in [4.78, 5) is 0. The number of hydrogen-bond acceptors (Lipinski definition) is 2. The Kier molecular flexibility index (Phi) is 3.08. The summed E-state index contributed by atoms with van der Waals surface area (Å²) in [5.41, 5.74) is 0. The molecule has 0 aliphatic carbocycles. The van der Waals surface area contributed by atoms with Crippen molar-refractivity contribution in [1.82, 2.24) is 0 Å². The van der Waals surface area contributed by atoms with Crippen molar-refractivity contribution in [3.63, 3.8) is 0 Å². The molecule has 0 saturated carbocycles. The predicted molar refractivity (Wildman–Crippen MR) is 47.2 cm³/mol. The Balaban J connectivity index is 3.37. The van der Waals surface area contributed by atoms with Crippen LogP contribution in [0, 0.1) is 11.6 Å². The molecule has 0 fully saturated rings. The molecule has 0 amide bonds. The molecule has 0 heterocycles. The summed E-state index contributed by atoms with van der Waals surface area (Å²) in [6.45, 7) is 0. The molecule has 0 aliphatic heterocycles. The third kappa shape index (κ3) is 1.75. The van der Waals surface area contributed by atoms with Crippen LogP contribution in [0.4, 0.5) is 8.78 Å². The molecule has 5 heteroatoms. The van der Waals surface area contributed by atoms with Crippen LogP contribution in [0.3, 0.4) is 0 Å². The quantitative estimate of drug-likeness (QED) is 0.754. The van der Waals surface area contributed by atoms with Crippen molar-refractivity contribution >= 4 is 15.9 Å². The highest BCUT2D eigenvalue weighted by Gasteiger charge is 2.18. The van der Waals surface area contributed by atoms with Crippen molar-refractivity contribution in [2.24, 2.45) is 0 Å². The number of methoxy groups -OCH3 is 2. The minimum Gasteiger partial charge on any atom is -0.494 e. The monoisotopic (exact) mass is 252 g/mol. The van der Waals surface area contributed by atoms with Crippen molar-refractivity contribution in [2.75, 3.05) is 14.2 Å². The zero-order chi connectivity index (χ0) is 10.0. The minimum atomic E-state index is -1.06. The summed E-state index contributed by atoms with van der Waals surface area (Å²) < 4.78 is 35.7. The van der Waals surface area contributed by atoms with Crippen LogP contribution in [0.2, 0.25) is 0 Å². The van der Waals surface area contributed by atoms with Crippen molar-refractivity contribution in [2.45, 2.75) is 0 Å². The largest absolute Gasteiger partial charge is 0.494 e. The van der Waals surface area contributed by atoms with E-state index in [2.05, 4.69) is 25.4 Å². The molecule has 0 spiro atoms. The number of benzene rings is 1. The van der Waals surface area contributed by atoms with Crippen molar-refractivity contribution in [3.8, 4) is 11.5 Å². The molecule has 2 nitrogen and oxygen atoms in total. The average Bonchev–Trinajstić information content (AvgIpc) is 2.12. The number of hydrogen-bond donors (Lipinski definition) is 0. The van der Waals surface area contributed by atoms with Gasteiger partial charge in [0.15, 0.2) is 11.5 Å². The maximum atomic E-state index is 13.1. The first-order valence-electron chi connectivity index (χ1n) is 3.37. The van der Waals surface area contributed by atoms with Gasteiger partial charge in [-0.25, -0.2) is 0 Å². The minimum absolute atomic E-state index is 0.162. The maximum absolute atomic E-state index is 13.1. The van der Waals surface area contributed by atoms with Crippen molar-refractivity contribution in [1.29, 1.82) is 0 Å². The topological polar surface area (TPSA) is 18.5 Å². The lowest BCUT2D eigenvalue weighted by Gasteiger charge is -2.08. The van der Waals surface area contributed by atoms with Crippen LogP contribution in [-0.2, 0) is 0 Å². The average molecular weight is 253 g/mol. The Hall–Kier alpha value is -0.840. The smallest absolute Gasteiger partial charge is 0.205 e. The van der Waals surface area contributed by atoms with Gasteiger partial charge in [-0.05, 0) is 15.9 Å². The first-order valence-corrected chi connectivity index (χ1v) is 4.16. The second-order valence-corrected chi connectivity index (χ2v) is 3.08. The second-order valence-electron chi connectivity index (χ2n) is 2.22. The predicted octanol–water partition coefficient (Wildman–Crippen LogP) is 2.74. The van der Waals surface area contributed by atoms with Crippen LogP contribution in [0.5, 0.6) is 11.5 Å². The van der Waals surface area contributed by atoms with E-state index in [0.29, 0.717) is 4.47 Å². The summed E-state index contributed by atoms with van der Waals surface area (Å²) in [6, 6.07) is 1.30. The van der Waals surface area contributed by atoms with Gasteiger partial charge in [0.1, 0.15) is 0 Å². The molecule has 1 rings (SSSR count). The van der Waals surface area contributed by atoms with Gasteiger partial charge in [0.25, 0.3) is 0 Å². The van der Waals surface area contributed by atoms with E-state index in [0.717, 1.165) is 0 Å². The second kappa shape index (κ2) is 3.91. The first-order chi connectivity index (χ1) is 6.11. The van der Waals surface area contributed by atoms with Gasteiger partial charge < -0.3 is 9.47 Å². The van der Waals surface area contributed by atoms with E-state index < -0.39 is 11.6 Å². The molecule has 0 radical (unpaired) electrons. The fourth-order valence-corrected chi connectivity index (χ4v) is 1.44. The molecule has 1 aromatic rings. The molecule has 0 saturated heterocycles. The summed E-state index contributed by atoms with van der Waals surface area (Å²) in [5.74, 6) is -2.44. The van der Waals surface area contributed by atoms with Gasteiger partial charge in [0, 0.05) is 6.07 Å². The molecular weight excluding hydrogens is 246 g/mol. The molecule has 0 unspecified atom stereocenters. The molecule has 1 aromatic carbocycles. The number of halogens is 3. The van der Waals surface area contributed by atoms with E-state index in [1.807, 2.05) is 0 Å². The summed E-state index contributed by atoms with van der Waals surface area (Å²) in [5, 5.41) is 0. The summed E-state index contributed by atoms with van der Waals surface area (Å²) >= 11 is 3.02. The first kappa shape index (κ1) is 10.2. The van der Waals surface area contributed by atoms with E-state index in [1.165, 1.54) is 20.3 Å². The number of rotatable bonds is 2. The highest BCUT2D eigenvalue weighted by Crippen LogP contribution is 2.35. The van der Waals surface area contributed by atoms with E-state index in [-0.39, 0.29) is 11.5 Å². The standard InChI is InChI=1S/C8H7BrF2O2/c1-12-5-3-4(9)8(13-2)7(11)6(5)10/h3H,1-2H3. The van der Waals surface area contributed by atoms with E-state index in [1.54, 1.807) is 0 Å². The van der Waals surface area contributed by atoms with Crippen molar-refractivity contribution < 1.29 is 18.3 Å². The highest BCUT2D eigenvalue weighted by atomic mass is 79.9. The zero-order valence-electron chi connectivity index (χ0n) is 7.03. The maximum Gasteiger partial charge on any atom is 0.205 e. The van der Waals surface area contributed by atoms with E-state index >= 15 is 0 Å². The van der Waals surface area contributed by atoms with Gasteiger partial charge >= 0.3 is 0 Å². The zero-order valence-corrected chi connectivity index (χ0v) is 8.61. The summed E-state index contributed by atoms with van der Waals surface area (Å²) in [6.07, 6.45) is 0. The highest BCUT2D eigenvalue weighted by molar-refractivity contribution is 9.10. The fraction of sp³-hybridized carbons (Fsp3) is 0.250. The molecule has 13 heavy (non-hydrogen) atoms. The third-order valence-corrected chi connectivity index (χ3v) is 2.10. The van der Waals surface area contributed by atoms with Crippen LogP contribution in [0.25, 0.3) is 0 Å². The molecule has 0 aliphatic rings. The lowest BCUT2D eigenvalue weighted by molar-refractivity contribution is 0.342. The Morgan fingerprint density at radius 2 is 1.77 bits per heavy atom. The lowest BCUT2D eigenvalue weighted by atomic mass is 10.3. The fourth-order valence-electron chi connectivity index (χ4n) is 0.892. The molecular formula is C8H7BrF2O2. The lowest BCUT2D eigenvalue weighted by Crippen LogP contribution is -1.97. The molecule has 0 aromatic heterocycles. The van der Waals surface area contributed by atoms with E-state index in [9.17, 15) is 8.78 Å². The Bertz CT molecular complexity index is 328. The molecule has 0 bridgehead atoms. The Morgan fingerprint density at radius 1 is 1.15 bits per heavy atom. The van der Waals surface area contributed by atoms with Crippen LogP contribution < -0.4 is 9.47 Å². The van der Waals surface area contributed by atoms with Crippen LogP contribution >= 0.6 is 15.9 Å². The normalized spacial score (nSPS) is 9.92. The Morgan fingerprint density at radius 3 is 2.23 bits per heavy atom. The van der Waals surface area contributed by atoms with Gasteiger partial charge in [-0.15, -0.1) is 0 Å². The van der Waals surface area contributed by atoms with Gasteiger partial charge in [-0.1, -0.05) is 0 Å².